The van der Waals surface area contributed by atoms with Crippen LogP contribution in [0, 0.1) is 5.82 Å². The Morgan fingerprint density at radius 1 is 0.957 bits per heavy atom. The third-order valence-electron chi connectivity index (χ3n) is 7.13. The molecule has 0 fully saturated rings. The molecule has 3 aromatic carbocycles. The van der Waals surface area contributed by atoms with Gasteiger partial charge in [0.15, 0.2) is 5.16 Å². The van der Waals surface area contributed by atoms with Crippen LogP contribution < -0.4 is 5.56 Å². The van der Waals surface area contributed by atoms with Gasteiger partial charge < -0.3 is 14.4 Å². The molecular formula is C36H38F4N4O2S. The number of likely N-dealkylation sites (N-methyl/N-ethyl adjacent to an activating group) is 1. The van der Waals surface area contributed by atoms with E-state index in [4.69, 9.17) is 16.4 Å². The summed E-state index contributed by atoms with van der Waals surface area (Å²) in [5, 5.41) is -0.290. The first-order valence-electron chi connectivity index (χ1n) is 21.3. The summed E-state index contributed by atoms with van der Waals surface area (Å²) in [5.74, 6) is -3.38. The Balaban J connectivity index is 1.65. The van der Waals surface area contributed by atoms with E-state index in [2.05, 4.69) is 4.98 Å². The molecule has 1 aliphatic rings. The molecule has 47 heavy (non-hydrogen) atoms. The van der Waals surface area contributed by atoms with Crippen molar-refractivity contribution < 1.29 is 41.5 Å². The molecule has 0 aliphatic heterocycles. The molecule has 0 bridgehead atoms. The van der Waals surface area contributed by atoms with Crippen LogP contribution in [0.1, 0.15) is 67.4 Å². The predicted octanol–water partition coefficient (Wildman–Crippen LogP) is 7.22. The van der Waals surface area contributed by atoms with Crippen molar-refractivity contribution in [3.63, 3.8) is 0 Å². The number of hydrogen-bond acceptors (Lipinski definition) is 5. The zero-order valence-electron chi connectivity index (χ0n) is 39.2. The molecule has 1 aromatic heterocycles. The summed E-state index contributed by atoms with van der Waals surface area (Å²) in [6, 6.07) is 5.28. The summed E-state index contributed by atoms with van der Waals surface area (Å²) in [7, 11) is 0. The van der Waals surface area contributed by atoms with Crippen molar-refractivity contribution in [2.45, 2.75) is 63.2 Å². The molecule has 0 unspecified atom stereocenters. The number of fused-ring (bicyclic) bond motifs is 1. The van der Waals surface area contributed by atoms with Gasteiger partial charge in [0.05, 0.1) is 16.5 Å². The average molecular weight is 681 g/mol. The smallest absolute Gasteiger partial charge is 0.336 e. The van der Waals surface area contributed by atoms with Crippen LogP contribution in [0.3, 0.4) is 0 Å². The standard InChI is InChI=1S/C36H38F4N4O2S/c1-3-42(4-2)20-21-43(22-25-8-12-27(13-9-25)28-14-16-29(17-15-28)36(38,39)40)33(45)23-44-32-7-5-6-31(32)34(46)41-35(44)47-24-26-10-18-30(37)19-11-26/h8-19H,3-7,20-24H2,1-2H3/i3D2,4D2,10D,11D,18D,19D,20D2,21D2,22D2. The number of rotatable bonds is 13. The van der Waals surface area contributed by atoms with Crippen LogP contribution in [0.2, 0.25) is 0 Å². The Hall–Kier alpha value is -3.96. The SMILES string of the molecule is [2H]c1c([2H])c(CSc2nc(=O)c3c(n2CC(=O)N(C([2H])([2H])c2ccc(-c4ccc(C(F)(F)F)cc4)cc2)C([2H])([2H])C([2H])([2H])N(C([2H])([2H])C)C([2H])([2H])C)CCC3)c([2H])c([2H])c1F. The van der Waals surface area contributed by atoms with E-state index in [9.17, 15) is 29.9 Å². The van der Waals surface area contributed by atoms with Gasteiger partial charge in [-0.05, 0) is 78.7 Å². The Bertz CT molecular complexity index is 2350. The van der Waals surface area contributed by atoms with Crippen molar-refractivity contribution >= 4 is 17.7 Å². The lowest BCUT2D eigenvalue weighted by molar-refractivity contribution is -0.137. The maximum atomic E-state index is 14.8. The fraction of sp³-hybridized carbons (Fsp3) is 0.361. The van der Waals surface area contributed by atoms with Crippen LogP contribution in [0.5, 0.6) is 0 Å². The van der Waals surface area contributed by atoms with E-state index in [0.717, 1.165) is 54.8 Å². The Labute approximate surface area is 296 Å². The number of amides is 1. The van der Waals surface area contributed by atoms with E-state index in [1.54, 1.807) is 0 Å². The van der Waals surface area contributed by atoms with E-state index in [-0.39, 0.29) is 55.7 Å². The molecule has 248 valence electrons. The maximum absolute atomic E-state index is 14.8. The number of nitrogens with zero attached hydrogens (tertiary/aromatic N) is 4. The number of aromatic nitrogens is 2. The zero-order valence-corrected chi connectivity index (χ0v) is 26.0. The first-order valence-corrected chi connectivity index (χ1v) is 15.3. The molecule has 4 aromatic rings. The van der Waals surface area contributed by atoms with Crippen LogP contribution in [-0.2, 0) is 42.6 Å². The van der Waals surface area contributed by atoms with Gasteiger partial charge in [-0.15, -0.1) is 0 Å². The first-order chi connectivity index (χ1) is 27.8. The number of hydrogen-bond donors (Lipinski definition) is 0. The van der Waals surface area contributed by atoms with Gasteiger partial charge in [-0.1, -0.05) is 74.1 Å². The summed E-state index contributed by atoms with van der Waals surface area (Å²) < 4.78 is 175. The van der Waals surface area contributed by atoms with Crippen molar-refractivity contribution in [3.05, 3.63) is 117 Å². The topological polar surface area (TPSA) is 58.4 Å². The average Bonchev–Trinajstić information content (AvgIpc) is 3.64. The molecule has 11 heteroatoms. The number of carbonyl (C=O) groups excluding carboxylic acids is 1. The van der Waals surface area contributed by atoms with E-state index in [1.165, 1.54) is 12.1 Å². The van der Waals surface area contributed by atoms with Gasteiger partial charge in [-0.2, -0.15) is 18.2 Å². The maximum Gasteiger partial charge on any atom is 0.416 e. The van der Waals surface area contributed by atoms with Gasteiger partial charge in [0.2, 0.25) is 5.91 Å². The fourth-order valence-corrected chi connectivity index (χ4v) is 5.69. The number of benzene rings is 3. The predicted molar refractivity (Wildman–Crippen MR) is 177 cm³/mol. The monoisotopic (exact) mass is 680 g/mol. The van der Waals surface area contributed by atoms with Crippen LogP contribution in [0.15, 0.2) is 82.7 Å². The molecule has 6 nitrogen and oxygen atoms in total. The van der Waals surface area contributed by atoms with Gasteiger partial charge in [0, 0.05) is 44.7 Å². The summed E-state index contributed by atoms with van der Waals surface area (Å²) in [6.45, 7) is -16.7. The lowest BCUT2D eigenvalue weighted by atomic mass is 10.0. The van der Waals surface area contributed by atoms with Gasteiger partial charge in [-0.3, -0.25) is 9.59 Å². The molecule has 5 rings (SSSR count). The minimum Gasteiger partial charge on any atom is -0.336 e. The van der Waals surface area contributed by atoms with Crippen LogP contribution in [-0.4, -0.2) is 51.2 Å². The van der Waals surface area contributed by atoms with Crippen molar-refractivity contribution in [3.8, 4) is 11.1 Å². The molecule has 0 saturated carbocycles. The normalized spacial score (nSPS) is 18.7. The summed E-state index contributed by atoms with van der Waals surface area (Å²) in [6.07, 6.45) is -3.89. The first kappa shape index (κ1) is 20.4. The molecule has 0 N–H and O–H groups in total. The molecule has 1 aliphatic carbocycles. The molecule has 0 radical (unpaired) electrons. The van der Waals surface area contributed by atoms with Gasteiger partial charge >= 0.3 is 6.18 Å². The number of thioether (sulfide) groups is 1. The number of alkyl halides is 3. The van der Waals surface area contributed by atoms with E-state index < -0.39 is 104 Å². The van der Waals surface area contributed by atoms with Gasteiger partial charge in [0.1, 0.15) is 12.4 Å². The van der Waals surface area contributed by atoms with Crippen molar-refractivity contribution in [2.75, 3.05) is 26.0 Å². The van der Waals surface area contributed by atoms with Crippen molar-refractivity contribution in [2.24, 2.45) is 0 Å². The van der Waals surface area contributed by atoms with Gasteiger partial charge in [0.25, 0.3) is 5.56 Å². The van der Waals surface area contributed by atoms with Crippen molar-refractivity contribution in [1.29, 1.82) is 0 Å². The van der Waals surface area contributed by atoms with Crippen molar-refractivity contribution in [1.82, 2.24) is 19.4 Å². The third kappa shape index (κ3) is 8.70. The highest BCUT2D eigenvalue weighted by Gasteiger charge is 2.30. The zero-order chi connectivity index (χ0) is 46.0. The minimum absolute atomic E-state index is 0.127. The molecule has 1 amide bonds. The Kier molecular flexibility index (Phi) is 6.64. The van der Waals surface area contributed by atoms with E-state index >= 15 is 0 Å². The highest BCUT2D eigenvalue weighted by atomic mass is 32.2. The number of halogens is 4. The third-order valence-corrected chi connectivity index (χ3v) is 8.13. The molecule has 0 saturated heterocycles. The molecular weight excluding hydrogens is 628 g/mol. The van der Waals surface area contributed by atoms with E-state index in [0.29, 0.717) is 18.2 Å². The molecule has 0 atom stereocenters. The van der Waals surface area contributed by atoms with Crippen LogP contribution in [0.25, 0.3) is 11.1 Å². The molecule has 1 heterocycles. The fourth-order valence-electron chi connectivity index (χ4n) is 4.79. The lowest BCUT2D eigenvalue weighted by Gasteiger charge is -2.28. The van der Waals surface area contributed by atoms with E-state index in [1.807, 2.05) is 0 Å². The minimum atomic E-state index is -4.62. The Morgan fingerprint density at radius 3 is 2.21 bits per heavy atom. The number of carbonyl (C=O) groups is 1. The second-order valence-corrected chi connectivity index (χ2v) is 11.1. The quantitative estimate of drug-likeness (QED) is 0.0849. The highest BCUT2D eigenvalue weighted by Crippen LogP contribution is 2.31. The largest absolute Gasteiger partial charge is 0.416 e. The Morgan fingerprint density at radius 2 is 1.60 bits per heavy atom. The summed E-state index contributed by atoms with van der Waals surface area (Å²) >= 11 is 0.636. The lowest BCUT2D eigenvalue weighted by Crippen LogP contribution is -2.40. The second-order valence-electron chi connectivity index (χ2n) is 10.1. The van der Waals surface area contributed by atoms with Crippen LogP contribution in [0.4, 0.5) is 17.6 Å². The second kappa shape index (κ2) is 15.3. The van der Waals surface area contributed by atoms with Crippen LogP contribution >= 0.6 is 11.8 Å². The summed E-state index contributed by atoms with van der Waals surface area (Å²) in [5.41, 5.74) is -1.54. The van der Waals surface area contributed by atoms with Gasteiger partial charge in [-0.25, -0.2) is 4.39 Å². The highest BCUT2D eigenvalue weighted by molar-refractivity contribution is 7.98. The summed E-state index contributed by atoms with van der Waals surface area (Å²) in [4.78, 5) is 31.7. The molecule has 0 spiro atoms.